The molecule has 2 atom stereocenters. The van der Waals surface area contributed by atoms with Crippen molar-refractivity contribution in [3.05, 3.63) is 35.4 Å². The lowest BCUT2D eigenvalue weighted by Crippen LogP contribution is -2.49. The normalized spacial score (nSPS) is 24.5. The molecule has 0 bridgehead atoms. The van der Waals surface area contributed by atoms with Gasteiger partial charge in [0, 0.05) is 39.3 Å². The summed E-state index contributed by atoms with van der Waals surface area (Å²) in [6, 6.07) is 5.75. The van der Waals surface area contributed by atoms with Crippen molar-refractivity contribution in [2.75, 3.05) is 46.9 Å². The largest absolute Gasteiger partial charge is 0.416 e. The molecule has 0 radical (unpaired) electrons. The first kappa shape index (κ1) is 23.9. The van der Waals surface area contributed by atoms with Crippen LogP contribution in [-0.4, -0.2) is 68.7 Å². The number of benzene rings is 1. The molecule has 2 unspecified atom stereocenters. The average molecular weight is 441 g/mol. The van der Waals surface area contributed by atoms with Crippen LogP contribution in [0.15, 0.2) is 29.3 Å². The summed E-state index contributed by atoms with van der Waals surface area (Å²) in [5.74, 6) is 1.20. The van der Waals surface area contributed by atoms with E-state index in [0.717, 1.165) is 70.0 Å². The smallest absolute Gasteiger partial charge is 0.378 e. The van der Waals surface area contributed by atoms with E-state index in [-0.39, 0.29) is 6.04 Å². The summed E-state index contributed by atoms with van der Waals surface area (Å²) in [6.07, 6.45) is 0.129. The highest BCUT2D eigenvalue weighted by molar-refractivity contribution is 5.80. The fraction of sp³-hybridized carbons (Fsp3) is 0.696. The molecule has 1 N–H and O–H groups in total. The summed E-state index contributed by atoms with van der Waals surface area (Å²) in [4.78, 5) is 9.01. The Kier molecular flexibility index (Phi) is 8.22. The van der Waals surface area contributed by atoms with Crippen LogP contribution in [0.1, 0.15) is 49.8 Å². The van der Waals surface area contributed by atoms with Crippen molar-refractivity contribution in [2.24, 2.45) is 10.9 Å². The maximum atomic E-state index is 13.0. The highest BCUT2D eigenvalue weighted by Gasteiger charge is 2.33. The quantitative estimate of drug-likeness (QED) is 0.551. The number of hydrogen-bond acceptors (Lipinski definition) is 3. The predicted octanol–water partition coefficient (Wildman–Crippen LogP) is 4.16. The van der Waals surface area contributed by atoms with E-state index >= 15 is 0 Å². The number of hydrogen-bond donors (Lipinski definition) is 1. The molecule has 3 rings (SSSR count). The van der Waals surface area contributed by atoms with Crippen LogP contribution in [0.3, 0.4) is 0 Å². The molecule has 5 nitrogen and oxygen atoms in total. The number of nitrogens with zero attached hydrogens (tertiary/aromatic N) is 3. The highest BCUT2D eigenvalue weighted by Crippen LogP contribution is 2.36. The van der Waals surface area contributed by atoms with Crippen LogP contribution < -0.4 is 5.32 Å². The van der Waals surface area contributed by atoms with Crippen LogP contribution in [0.2, 0.25) is 0 Å². The second kappa shape index (κ2) is 10.7. The van der Waals surface area contributed by atoms with E-state index in [4.69, 9.17) is 4.74 Å². The van der Waals surface area contributed by atoms with Crippen molar-refractivity contribution in [1.29, 1.82) is 0 Å². The van der Waals surface area contributed by atoms with Gasteiger partial charge in [-0.15, -0.1) is 0 Å². The highest BCUT2D eigenvalue weighted by atomic mass is 19.4. The summed E-state index contributed by atoms with van der Waals surface area (Å²) in [6.45, 7) is 6.30. The van der Waals surface area contributed by atoms with Gasteiger partial charge in [-0.05, 0) is 69.8 Å². The molecule has 174 valence electrons. The summed E-state index contributed by atoms with van der Waals surface area (Å²) >= 11 is 0. The zero-order valence-electron chi connectivity index (χ0n) is 18.8. The van der Waals surface area contributed by atoms with Crippen molar-refractivity contribution in [3.8, 4) is 0 Å². The Bertz CT molecular complexity index is 715. The Morgan fingerprint density at radius 3 is 2.39 bits per heavy atom. The van der Waals surface area contributed by atoms with Crippen LogP contribution >= 0.6 is 0 Å². The Hall–Kier alpha value is -1.80. The average Bonchev–Trinajstić information content (AvgIpc) is 2.75. The zero-order valence-corrected chi connectivity index (χ0v) is 18.8. The van der Waals surface area contributed by atoms with E-state index in [2.05, 4.69) is 27.2 Å². The fourth-order valence-electron chi connectivity index (χ4n) is 4.89. The zero-order chi connectivity index (χ0) is 22.4. The van der Waals surface area contributed by atoms with Gasteiger partial charge in [-0.1, -0.05) is 12.1 Å². The summed E-state index contributed by atoms with van der Waals surface area (Å²) in [5, 5.41) is 3.54. The van der Waals surface area contributed by atoms with Crippen LogP contribution in [0.25, 0.3) is 0 Å². The minimum Gasteiger partial charge on any atom is -0.378 e. The van der Waals surface area contributed by atoms with Crippen molar-refractivity contribution in [3.63, 3.8) is 0 Å². The predicted molar refractivity (Wildman–Crippen MR) is 117 cm³/mol. The van der Waals surface area contributed by atoms with Crippen LogP contribution in [-0.2, 0) is 10.9 Å². The van der Waals surface area contributed by atoms with E-state index in [1.807, 2.05) is 6.92 Å². The fourth-order valence-corrected chi connectivity index (χ4v) is 4.89. The maximum absolute atomic E-state index is 13.0. The molecule has 0 spiro atoms. The molecule has 2 heterocycles. The Morgan fingerprint density at radius 1 is 1.13 bits per heavy atom. The molecule has 1 aromatic carbocycles. The van der Waals surface area contributed by atoms with Gasteiger partial charge in [0.25, 0.3) is 0 Å². The standard InChI is InChI=1S/C23H35F3N4O/c1-4-31-20-11-14-30(15-12-20)22(27-2)28-16-18-6-5-13-29(3)21(18)17-7-9-19(10-8-17)23(24,25)26/h7-10,18,20-21H,4-6,11-16H2,1-3H3,(H,27,28). The van der Waals surface area contributed by atoms with Gasteiger partial charge >= 0.3 is 6.18 Å². The SMILES string of the molecule is CCOC1CCN(C(=NC)NCC2CCCN(C)C2c2ccc(C(F)(F)F)cc2)CC1. The molecule has 0 saturated carbocycles. The van der Waals surface area contributed by atoms with Gasteiger partial charge in [0.2, 0.25) is 0 Å². The Balaban J connectivity index is 1.63. The van der Waals surface area contributed by atoms with Gasteiger partial charge in [-0.3, -0.25) is 9.89 Å². The molecule has 0 aromatic heterocycles. The van der Waals surface area contributed by atoms with Crippen LogP contribution in [0.5, 0.6) is 0 Å². The first-order valence-corrected chi connectivity index (χ1v) is 11.3. The third-order valence-corrected chi connectivity index (χ3v) is 6.46. The molecular weight excluding hydrogens is 405 g/mol. The number of likely N-dealkylation sites (tertiary alicyclic amines) is 2. The van der Waals surface area contributed by atoms with Crippen molar-refractivity contribution < 1.29 is 17.9 Å². The lowest BCUT2D eigenvalue weighted by atomic mass is 9.84. The number of guanidine groups is 1. The molecule has 2 fully saturated rings. The summed E-state index contributed by atoms with van der Waals surface area (Å²) in [7, 11) is 3.86. The van der Waals surface area contributed by atoms with E-state index in [1.54, 1.807) is 19.2 Å². The number of halogens is 3. The van der Waals surface area contributed by atoms with E-state index in [9.17, 15) is 13.2 Å². The van der Waals surface area contributed by atoms with Gasteiger partial charge in [0.15, 0.2) is 5.96 Å². The molecule has 2 saturated heterocycles. The minimum absolute atomic E-state index is 0.0883. The van der Waals surface area contributed by atoms with Crippen molar-refractivity contribution in [2.45, 2.75) is 50.9 Å². The Labute approximate surface area is 183 Å². The topological polar surface area (TPSA) is 40.1 Å². The number of ether oxygens (including phenoxy) is 1. The second-order valence-corrected chi connectivity index (χ2v) is 8.52. The number of nitrogens with one attached hydrogen (secondary N) is 1. The molecule has 1 aromatic rings. The molecule has 2 aliphatic heterocycles. The van der Waals surface area contributed by atoms with Gasteiger partial charge < -0.3 is 15.0 Å². The molecular formula is C23H35F3N4O. The van der Waals surface area contributed by atoms with E-state index < -0.39 is 11.7 Å². The van der Waals surface area contributed by atoms with Crippen molar-refractivity contribution >= 4 is 5.96 Å². The number of aliphatic imine (C=N–C) groups is 1. The van der Waals surface area contributed by atoms with Crippen LogP contribution in [0, 0.1) is 5.92 Å². The van der Waals surface area contributed by atoms with Gasteiger partial charge in [-0.2, -0.15) is 13.2 Å². The van der Waals surface area contributed by atoms with Crippen LogP contribution in [0.4, 0.5) is 13.2 Å². The molecule has 0 aliphatic carbocycles. The van der Waals surface area contributed by atoms with Gasteiger partial charge in [-0.25, -0.2) is 0 Å². The molecule has 2 aliphatic rings. The van der Waals surface area contributed by atoms with Crippen molar-refractivity contribution in [1.82, 2.24) is 15.1 Å². The molecule has 31 heavy (non-hydrogen) atoms. The maximum Gasteiger partial charge on any atom is 0.416 e. The lowest BCUT2D eigenvalue weighted by Gasteiger charge is -2.41. The van der Waals surface area contributed by atoms with E-state index in [0.29, 0.717) is 12.0 Å². The monoisotopic (exact) mass is 440 g/mol. The molecule has 8 heteroatoms. The third kappa shape index (κ3) is 6.13. The Morgan fingerprint density at radius 2 is 1.81 bits per heavy atom. The number of piperidine rings is 2. The van der Waals surface area contributed by atoms with Gasteiger partial charge in [0.1, 0.15) is 0 Å². The van der Waals surface area contributed by atoms with Gasteiger partial charge in [0.05, 0.1) is 11.7 Å². The summed E-state index contributed by atoms with van der Waals surface area (Å²) in [5.41, 5.74) is 0.342. The lowest BCUT2D eigenvalue weighted by molar-refractivity contribution is -0.137. The first-order chi connectivity index (χ1) is 14.8. The molecule has 0 amide bonds. The van der Waals surface area contributed by atoms with E-state index in [1.165, 1.54) is 12.1 Å². The number of alkyl halides is 3. The second-order valence-electron chi connectivity index (χ2n) is 8.52. The third-order valence-electron chi connectivity index (χ3n) is 6.46. The first-order valence-electron chi connectivity index (χ1n) is 11.3. The summed E-state index contributed by atoms with van der Waals surface area (Å²) < 4.78 is 44.6. The number of rotatable bonds is 5. The minimum atomic E-state index is -4.31.